The van der Waals surface area contributed by atoms with Crippen LogP contribution in [0.15, 0.2) is 48.5 Å². The molecule has 1 fully saturated rings. The van der Waals surface area contributed by atoms with Crippen LogP contribution in [0.2, 0.25) is 0 Å². The summed E-state index contributed by atoms with van der Waals surface area (Å²) in [5.41, 5.74) is 2.25. The topological polar surface area (TPSA) is 54.9 Å². The van der Waals surface area contributed by atoms with Gasteiger partial charge in [0, 0.05) is 39.3 Å². The van der Waals surface area contributed by atoms with Gasteiger partial charge >= 0.3 is 0 Å². The van der Waals surface area contributed by atoms with E-state index in [9.17, 15) is 4.79 Å². The van der Waals surface area contributed by atoms with Crippen molar-refractivity contribution in [2.24, 2.45) is 0 Å². The Balaban J connectivity index is 1.23. The second-order valence-corrected chi connectivity index (χ2v) is 8.96. The minimum absolute atomic E-state index is 0.137. The average molecular weight is 454 g/mol. The number of carbonyl (C=O) groups is 1. The summed E-state index contributed by atoms with van der Waals surface area (Å²) in [6.07, 6.45) is 1.41. The molecule has 3 aromatic rings. The third kappa shape index (κ3) is 5.65. The zero-order valence-electron chi connectivity index (χ0n) is 18.8. The SMILES string of the molecule is CCOC(CC)C(=O)N1CCN(CCc2ccc(Oc3nc4ccccc4s3)cc2)CC1. The standard InChI is InChI=1S/C25H31N3O3S/c1-3-22(30-4-2)24(29)28-17-15-27(16-18-28)14-13-19-9-11-20(12-10-19)31-25-26-21-7-5-6-8-23(21)32-25/h5-12,22H,3-4,13-18H2,1-2H3. The van der Waals surface area contributed by atoms with Crippen molar-refractivity contribution >= 4 is 27.5 Å². The molecule has 4 rings (SSSR count). The lowest BCUT2D eigenvalue weighted by atomic mass is 10.1. The zero-order chi connectivity index (χ0) is 22.3. The van der Waals surface area contributed by atoms with Gasteiger partial charge in [-0.25, -0.2) is 4.98 Å². The Morgan fingerprint density at radius 1 is 1.06 bits per heavy atom. The predicted molar refractivity (Wildman–Crippen MR) is 129 cm³/mol. The van der Waals surface area contributed by atoms with Crippen LogP contribution >= 0.6 is 11.3 Å². The van der Waals surface area contributed by atoms with E-state index in [1.54, 1.807) is 11.3 Å². The molecule has 0 bridgehead atoms. The molecule has 1 amide bonds. The predicted octanol–water partition coefficient (Wildman–Crippen LogP) is 4.59. The van der Waals surface area contributed by atoms with Gasteiger partial charge in [-0.1, -0.05) is 42.5 Å². The summed E-state index contributed by atoms with van der Waals surface area (Å²) in [7, 11) is 0. The van der Waals surface area contributed by atoms with Crippen LogP contribution in [-0.4, -0.2) is 66.1 Å². The minimum Gasteiger partial charge on any atom is -0.431 e. The summed E-state index contributed by atoms with van der Waals surface area (Å²) in [5.74, 6) is 0.942. The first-order valence-electron chi connectivity index (χ1n) is 11.4. The smallest absolute Gasteiger partial charge is 0.279 e. The van der Waals surface area contributed by atoms with Crippen LogP contribution in [0.1, 0.15) is 25.8 Å². The van der Waals surface area contributed by atoms with Gasteiger partial charge in [0.15, 0.2) is 0 Å². The summed E-state index contributed by atoms with van der Waals surface area (Å²) >= 11 is 1.56. The molecular weight excluding hydrogens is 422 g/mol. The Hall–Kier alpha value is -2.48. The van der Waals surface area contributed by atoms with E-state index >= 15 is 0 Å². The molecular formula is C25H31N3O3S. The second kappa shape index (κ2) is 10.9. The molecule has 2 heterocycles. The third-order valence-electron chi connectivity index (χ3n) is 5.82. The third-order valence-corrected chi connectivity index (χ3v) is 6.73. The molecule has 32 heavy (non-hydrogen) atoms. The number of rotatable bonds is 9. The molecule has 0 N–H and O–H groups in total. The van der Waals surface area contributed by atoms with Crippen LogP contribution in [0.5, 0.6) is 10.9 Å². The van der Waals surface area contributed by atoms with Gasteiger partial charge in [0.05, 0.1) is 10.2 Å². The fourth-order valence-electron chi connectivity index (χ4n) is 3.97. The molecule has 0 spiro atoms. The lowest BCUT2D eigenvalue weighted by molar-refractivity contribution is -0.145. The first-order chi connectivity index (χ1) is 15.7. The summed E-state index contributed by atoms with van der Waals surface area (Å²) in [5, 5.41) is 0.668. The largest absolute Gasteiger partial charge is 0.431 e. The van der Waals surface area contributed by atoms with Crippen LogP contribution in [-0.2, 0) is 16.0 Å². The van der Waals surface area contributed by atoms with Gasteiger partial charge in [0.2, 0.25) is 0 Å². The Morgan fingerprint density at radius 2 is 1.81 bits per heavy atom. The van der Waals surface area contributed by atoms with E-state index in [4.69, 9.17) is 9.47 Å². The molecule has 0 aliphatic carbocycles. The lowest BCUT2D eigenvalue weighted by Crippen LogP contribution is -2.52. The number of amides is 1. The monoisotopic (exact) mass is 453 g/mol. The van der Waals surface area contributed by atoms with Crippen LogP contribution in [0, 0.1) is 0 Å². The quantitative estimate of drug-likeness (QED) is 0.474. The number of para-hydroxylation sites is 1. The van der Waals surface area contributed by atoms with Crippen molar-refractivity contribution in [1.82, 2.24) is 14.8 Å². The Bertz CT molecular complexity index is 980. The van der Waals surface area contributed by atoms with Crippen molar-refractivity contribution in [3.05, 3.63) is 54.1 Å². The van der Waals surface area contributed by atoms with Crippen molar-refractivity contribution in [3.8, 4) is 10.9 Å². The number of benzene rings is 2. The van der Waals surface area contributed by atoms with Gasteiger partial charge in [0.1, 0.15) is 11.9 Å². The van der Waals surface area contributed by atoms with Gasteiger partial charge in [-0.15, -0.1) is 0 Å². The molecule has 1 atom stereocenters. The number of piperazine rings is 1. The van der Waals surface area contributed by atoms with Crippen LogP contribution in [0.4, 0.5) is 0 Å². The number of nitrogens with zero attached hydrogens (tertiary/aromatic N) is 3. The number of carbonyl (C=O) groups excluding carboxylic acids is 1. The molecule has 1 aliphatic heterocycles. The maximum Gasteiger partial charge on any atom is 0.279 e. The Kier molecular flexibility index (Phi) is 7.73. The lowest BCUT2D eigenvalue weighted by Gasteiger charge is -2.36. The van der Waals surface area contributed by atoms with Crippen molar-refractivity contribution in [3.63, 3.8) is 0 Å². The van der Waals surface area contributed by atoms with E-state index in [1.165, 1.54) is 5.56 Å². The van der Waals surface area contributed by atoms with E-state index in [1.807, 2.05) is 49.1 Å². The molecule has 1 unspecified atom stereocenters. The Morgan fingerprint density at radius 3 is 2.50 bits per heavy atom. The van der Waals surface area contributed by atoms with Gasteiger partial charge in [0.25, 0.3) is 11.1 Å². The molecule has 7 heteroatoms. The maximum atomic E-state index is 12.6. The van der Waals surface area contributed by atoms with Crippen molar-refractivity contribution in [1.29, 1.82) is 0 Å². The van der Waals surface area contributed by atoms with Gasteiger partial charge in [-0.2, -0.15) is 0 Å². The number of hydrogen-bond acceptors (Lipinski definition) is 6. The van der Waals surface area contributed by atoms with Crippen molar-refractivity contribution < 1.29 is 14.3 Å². The molecule has 170 valence electrons. The maximum absolute atomic E-state index is 12.6. The first kappa shape index (κ1) is 22.7. The first-order valence-corrected chi connectivity index (χ1v) is 12.2. The highest BCUT2D eigenvalue weighted by molar-refractivity contribution is 7.20. The number of ether oxygens (including phenoxy) is 2. The van der Waals surface area contributed by atoms with Crippen molar-refractivity contribution in [2.45, 2.75) is 32.8 Å². The van der Waals surface area contributed by atoms with Crippen LogP contribution in [0.25, 0.3) is 10.2 Å². The van der Waals surface area contributed by atoms with Crippen LogP contribution in [0.3, 0.4) is 0 Å². The molecule has 1 aliphatic rings. The molecule has 1 saturated heterocycles. The Labute approximate surface area is 193 Å². The highest BCUT2D eigenvalue weighted by Crippen LogP contribution is 2.31. The minimum atomic E-state index is -0.296. The normalized spacial score (nSPS) is 15.8. The van der Waals surface area contributed by atoms with E-state index in [0.29, 0.717) is 11.8 Å². The summed E-state index contributed by atoms with van der Waals surface area (Å²) in [4.78, 5) is 21.5. The van der Waals surface area contributed by atoms with Crippen molar-refractivity contribution in [2.75, 3.05) is 39.3 Å². The molecule has 0 radical (unpaired) electrons. The fraction of sp³-hybridized carbons (Fsp3) is 0.440. The summed E-state index contributed by atoms with van der Waals surface area (Å²) < 4.78 is 12.7. The zero-order valence-corrected chi connectivity index (χ0v) is 19.6. The highest BCUT2D eigenvalue weighted by Gasteiger charge is 2.26. The van der Waals surface area contributed by atoms with Gasteiger partial charge < -0.3 is 14.4 Å². The average Bonchev–Trinajstić information content (AvgIpc) is 3.24. The number of aromatic nitrogens is 1. The molecule has 6 nitrogen and oxygen atoms in total. The highest BCUT2D eigenvalue weighted by atomic mass is 32.1. The number of fused-ring (bicyclic) bond motifs is 1. The number of hydrogen-bond donors (Lipinski definition) is 0. The van der Waals surface area contributed by atoms with Gasteiger partial charge in [-0.3, -0.25) is 9.69 Å². The van der Waals surface area contributed by atoms with Gasteiger partial charge in [-0.05, 0) is 49.6 Å². The van der Waals surface area contributed by atoms with E-state index in [-0.39, 0.29) is 12.0 Å². The molecule has 2 aromatic carbocycles. The summed E-state index contributed by atoms with van der Waals surface area (Å²) in [6.45, 7) is 8.88. The van der Waals surface area contributed by atoms with E-state index in [2.05, 4.69) is 28.1 Å². The van der Waals surface area contributed by atoms with Crippen LogP contribution < -0.4 is 4.74 Å². The fourth-order valence-corrected chi connectivity index (χ4v) is 4.80. The van der Waals surface area contributed by atoms with E-state index in [0.717, 1.165) is 61.5 Å². The molecule has 0 saturated carbocycles. The van der Waals surface area contributed by atoms with E-state index < -0.39 is 0 Å². The molecule has 1 aromatic heterocycles. The number of thiazole rings is 1. The summed E-state index contributed by atoms with van der Waals surface area (Å²) in [6, 6.07) is 16.3. The second-order valence-electron chi connectivity index (χ2n) is 7.96.